The molecule has 0 unspecified atom stereocenters. The van der Waals surface area contributed by atoms with Gasteiger partial charge in [-0.05, 0) is 61.7 Å². The Morgan fingerprint density at radius 2 is 1.77 bits per heavy atom. The van der Waals surface area contributed by atoms with Crippen molar-refractivity contribution >= 4 is 39.7 Å². The van der Waals surface area contributed by atoms with Crippen molar-refractivity contribution in [2.45, 2.75) is 35.7 Å². The molecular weight excluding hydrogens is 557 g/mol. The Morgan fingerprint density at radius 1 is 1.08 bits per heavy atom. The molecule has 2 aliphatic heterocycles. The lowest BCUT2D eigenvalue weighted by atomic mass is 9.96. The van der Waals surface area contributed by atoms with Crippen molar-refractivity contribution in [1.82, 2.24) is 9.62 Å². The van der Waals surface area contributed by atoms with Crippen molar-refractivity contribution in [3.05, 3.63) is 53.6 Å². The number of rotatable bonds is 7. The first kappa shape index (κ1) is 28.8. The second kappa shape index (κ2) is 11.9. The number of likely N-dealkylation sites (tertiary alicyclic amines) is 1. The van der Waals surface area contributed by atoms with Gasteiger partial charge in [0.1, 0.15) is 13.2 Å². The van der Waals surface area contributed by atoms with Gasteiger partial charge >= 0.3 is 6.18 Å². The third-order valence-electron chi connectivity index (χ3n) is 6.28. The molecule has 2 aromatic rings. The van der Waals surface area contributed by atoms with Crippen molar-refractivity contribution in [2.24, 2.45) is 5.92 Å². The van der Waals surface area contributed by atoms with Crippen LogP contribution in [0.2, 0.25) is 0 Å². The maximum atomic E-state index is 13.9. The third kappa shape index (κ3) is 7.47. The summed E-state index contributed by atoms with van der Waals surface area (Å²) in [5.74, 6) is -0.716. The zero-order valence-corrected chi connectivity index (χ0v) is 22.6. The second-order valence-corrected chi connectivity index (χ2v) is 12.1. The average Bonchev–Trinajstić information content (AvgIpc) is 2.91. The number of nitrogens with zero attached hydrogens (tertiary/aromatic N) is 1. The molecule has 0 spiro atoms. The molecule has 0 aromatic heterocycles. The monoisotopic (exact) mass is 584 g/mol. The minimum atomic E-state index is -4.61. The number of nitrogens with one attached hydrogen (secondary N) is 1. The maximum Gasteiger partial charge on any atom is 0.417 e. The van der Waals surface area contributed by atoms with Crippen LogP contribution in [0.4, 0.5) is 13.2 Å². The zero-order chi connectivity index (χ0) is 28.2. The molecule has 0 bridgehead atoms. The molecule has 210 valence electrons. The lowest BCUT2D eigenvalue weighted by molar-refractivity contribution is -0.139. The van der Waals surface area contributed by atoms with Crippen molar-refractivity contribution in [1.29, 1.82) is 0 Å². The number of benzene rings is 2. The predicted molar refractivity (Wildman–Crippen MR) is 139 cm³/mol. The Hall–Kier alpha value is -3.19. The molecule has 2 heterocycles. The van der Waals surface area contributed by atoms with Gasteiger partial charge in [0.15, 0.2) is 11.5 Å². The summed E-state index contributed by atoms with van der Waals surface area (Å²) < 4.78 is 77.9. The number of carbonyl (C=O) groups is 2. The van der Waals surface area contributed by atoms with Gasteiger partial charge in [-0.2, -0.15) is 13.2 Å². The summed E-state index contributed by atoms with van der Waals surface area (Å²) in [5, 5.41) is 0. The lowest BCUT2D eigenvalue weighted by Crippen LogP contribution is -2.44. The number of halogens is 3. The van der Waals surface area contributed by atoms with Crippen LogP contribution >= 0.6 is 11.8 Å². The standard InChI is InChI=1S/C26H27F3N2O6S2/c1-2-39(34,35)30-25(33)18-9-11-31(12-10-18)24(32)8-4-17-3-7-23(20(15-17)26(27,28)29)38-19-5-6-21-22(16-19)37-14-13-36-21/h3-8,15-16,18H,2,9-14H2,1H3,(H,30,33). The van der Waals surface area contributed by atoms with Gasteiger partial charge < -0.3 is 14.4 Å². The number of sulfonamides is 1. The van der Waals surface area contributed by atoms with E-state index in [1.807, 2.05) is 4.72 Å². The van der Waals surface area contributed by atoms with Crippen molar-refractivity contribution in [2.75, 3.05) is 32.1 Å². The van der Waals surface area contributed by atoms with E-state index in [0.717, 1.165) is 17.8 Å². The van der Waals surface area contributed by atoms with E-state index in [-0.39, 0.29) is 42.1 Å². The molecule has 4 rings (SSSR count). The third-order valence-corrected chi connectivity index (χ3v) is 8.62. The molecule has 0 radical (unpaired) electrons. The van der Waals surface area contributed by atoms with Crippen LogP contribution in [0.5, 0.6) is 11.5 Å². The van der Waals surface area contributed by atoms with E-state index in [4.69, 9.17) is 9.47 Å². The molecule has 2 amide bonds. The quantitative estimate of drug-likeness (QED) is 0.483. The lowest BCUT2D eigenvalue weighted by Gasteiger charge is -2.30. The number of alkyl halides is 3. The summed E-state index contributed by atoms with van der Waals surface area (Å²) in [6.07, 6.45) is -1.52. The van der Waals surface area contributed by atoms with E-state index in [9.17, 15) is 31.2 Å². The molecule has 13 heteroatoms. The van der Waals surface area contributed by atoms with Crippen LogP contribution in [0, 0.1) is 5.92 Å². The molecule has 8 nitrogen and oxygen atoms in total. The Balaban J connectivity index is 1.41. The van der Waals surface area contributed by atoms with Crippen LogP contribution in [0.3, 0.4) is 0 Å². The van der Waals surface area contributed by atoms with Gasteiger partial charge in [-0.1, -0.05) is 17.8 Å². The maximum absolute atomic E-state index is 13.9. The van der Waals surface area contributed by atoms with Gasteiger partial charge in [0.05, 0.1) is 11.3 Å². The highest BCUT2D eigenvalue weighted by atomic mass is 32.2. The van der Waals surface area contributed by atoms with E-state index < -0.39 is 39.5 Å². The summed E-state index contributed by atoms with van der Waals surface area (Å²) in [5.41, 5.74) is -0.618. The molecule has 1 saturated heterocycles. The number of hydrogen-bond acceptors (Lipinski definition) is 7. The molecule has 2 aliphatic rings. The highest BCUT2D eigenvalue weighted by Gasteiger charge is 2.34. The highest BCUT2D eigenvalue weighted by Crippen LogP contribution is 2.42. The molecule has 0 saturated carbocycles. The summed E-state index contributed by atoms with van der Waals surface area (Å²) in [6.45, 7) is 2.66. The number of ether oxygens (including phenoxy) is 2. The SMILES string of the molecule is CCS(=O)(=O)NC(=O)C1CCN(C(=O)C=Cc2ccc(Sc3ccc4c(c3)OCCO4)c(C(F)(F)F)c2)CC1. The fourth-order valence-corrected chi connectivity index (χ4v) is 5.71. The minimum absolute atomic E-state index is 0.00749. The Morgan fingerprint density at radius 3 is 2.44 bits per heavy atom. The number of carbonyl (C=O) groups excluding carboxylic acids is 2. The highest BCUT2D eigenvalue weighted by molar-refractivity contribution is 7.99. The number of fused-ring (bicyclic) bond motifs is 1. The molecule has 1 N–H and O–H groups in total. The van der Waals surface area contributed by atoms with Gasteiger partial charge in [0.2, 0.25) is 21.8 Å². The fraction of sp³-hybridized carbons (Fsp3) is 0.385. The summed E-state index contributed by atoms with van der Waals surface area (Å²) in [6, 6.07) is 8.83. The van der Waals surface area contributed by atoms with E-state index in [1.54, 1.807) is 18.2 Å². The van der Waals surface area contributed by atoms with Gasteiger partial charge in [0, 0.05) is 34.9 Å². The van der Waals surface area contributed by atoms with E-state index in [0.29, 0.717) is 29.6 Å². The fourth-order valence-electron chi connectivity index (χ4n) is 4.12. The summed E-state index contributed by atoms with van der Waals surface area (Å²) in [4.78, 5) is 26.8. The van der Waals surface area contributed by atoms with Crippen LogP contribution in [0.25, 0.3) is 6.08 Å². The first-order chi connectivity index (χ1) is 18.4. The zero-order valence-electron chi connectivity index (χ0n) is 21.0. The molecular formula is C26H27F3N2O6S2. The van der Waals surface area contributed by atoms with Gasteiger partial charge in [-0.3, -0.25) is 14.3 Å². The Kier molecular flexibility index (Phi) is 8.80. The number of amides is 2. The summed E-state index contributed by atoms with van der Waals surface area (Å²) in [7, 11) is -3.66. The van der Waals surface area contributed by atoms with E-state index in [2.05, 4.69) is 0 Å². The van der Waals surface area contributed by atoms with Crippen molar-refractivity contribution in [3.63, 3.8) is 0 Å². The number of hydrogen-bond donors (Lipinski definition) is 1. The normalized spacial score (nSPS) is 16.4. The smallest absolute Gasteiger partial charge is 0.417 e. The molecule has 0 aliphatic carbocycles. The van der Waals surface area contributed by atoms with E-state index >= 15 is 0 Å². The van der Waals surface area contributed by atoms with Crippen LogP contribution < -0.4 is 14.2 Å². The Labute approximate surface area is 228 Å². The van der Waals surface area contributed by atoms with Gasteiger partial charge in [-0.15, -0.1) is 0 Å². The van der Waals surface area contributed by atoms with Gasteiger partial charge in [0.25, 0.3) is 0 Å². The molecule has 2 aromatic carbocycles. The molecule has 1 fully saturated rings. The van der Waals surface area contributed by atoms with Crippen LogP contribution in [-0.4, -0.2) is 57.2 Å². The van der Waals surface area contributed by atoms with Crippen molar-refractivity contribution in [3.8, 4) is 11.5 Å². The summed E-state index contributed by atoms with van der Waals surface area (Å²) >= 11 is 0.952. The van der Waals surface area contributed by atoms with E-state index in [1.165, 1.54) is 36.1 Å². The van der Waals surface area contributed by atoms with Crippen LogP contribution in [0.15, 0.2) is 52.3 Å². The Bertz CT molecular complexity index is 1370. The largest absolute Gasteiger partial charge is 0.486 e. The van der Waals surface area contributed by atoms with Gasteiger partial charge in [-0.25, -0.2) is 8.42 Å². The van der Waals surface area contributed by atoms with Crippen molar-refractivity contribution < 1.29 is 40.7 Å². The minimum Gasteiger partial charge on any atom is -0.486 e. The average molecular weight is 585 g/mol. The molecule has 0 atom stereocenters. The first-order valence-electron chi connectivity index (χ1n) is 12.3. The first-order valence-corrected chi connectivity index (χ1v) is 14.7. The predicted octanol–water partition coefficient (Wildman–Crippen LogP) is 4.35. The van der Waals surface area contributed by atoms with Crippen LogP contribution in [0.1, 0.15) is 30.9 Å². The topological polar surface area (TPSA) is 102 Å². The van der Waals surface area contributed by atoms with Crippen LogP contribution in [-0.2, 0) is 25.8 Å². The second-order valence-electron chi connectivity index (χ2n) is 8.96. The molecule has 39 heavy (non-hydrogen) atoms. The number of piperidine rings is 1.